The molecule has 0 fully saturated rings. The largest absolute Gasteiger partial charge is 0.272 e. The molecule has 0 radical (unpaired) electrons. The molecule has 0 amide bonds. The highest BCUT2D eigenvalue weighted by Gasteiger charge is 2.19. The Hall–Kier alpha value is -1.79. The van der Waals surface area contributed by atoms with Crippen LogP contribution in [0.1, 0.15) is 5.56 Å². The van der Waals surface area contributed by atoms with Crippen molar-refractivity contribution in [3.05, 3.63) is 47.1 Å². The van der Waals surface area contributed by atoms with Crippen molar-refractivity contribution in [1.29, 1.82) is 5.26 Å². The van der Waals surface area contributed by atoms with E-state index in [4.69, 9.17) is 5.26 Å². The number of thioether (sulfide) groups is 1. The molecule has 1 aromatic carbocycles. The summed E-state index contributed by atoms with van der Waals surface area (Å²) in [4.78, 5) is 5.66. The normalized spacial score (nSPS) is 17.3. The van der Waals surface area contributed by atoms with Gasteiger partial charge in [-0.1, -0.05) is 30.0 Å². The molecule has 0 saturated carbocycles. The average Bonchev–Trinajstić information content (AvgIpc) is 2.35. The molecule has 0 saturated heterocycles. The quantitative estimate of drug-likeness (QED) is 0.679. The van der Waals surface area contributed by atoms with Crippen molar-refractivity contribution < 1.29 is 0 Å². The minimum absolute atomic E-state index is 0.512. The van der Waals surface area contributed by atoms with Crippen LogP contribution >= 0.6 is 11.8 Å². The molecule has 0 bridgehead atoms. The first-order valence-electron chi connectivity index (χ1n) is 5.01. The van der Waals surface area contributed by atoms with Gasteiger partial charge in [0.15, 0.2) is 0 Å². The van der Waals surface area contributed by atoms with Gasteiger partial charge in [-0.25, -0.2) is 0 Å². The van der Waals surface area contributed by atoms with E-state index >= 15 is 0 Å². The van der Waals surface area contributed by atoms with Gasteiger partial charge in [-0.2, -0.15) is 5.26 Å². The lowest BCUT2D eigenvalue weighted by molar-refractivity contribution is 1.17. The number of hydrogen-bond donors (Lipinski definition) is 0. The number of nitriles is 1. The van der Waals surface area contributed by atoms with Crippen molar-refractivity contribution in [2.75, 3.05) is 6.54 Å². The monoisotopic (exact) mass is 224 g/mol. The van der Waals surface area contributed by atoms with Crippen LogP contribution in [-0.2, 0) is 0 Å². The van der Waals surface area contributed by atoms with Gasteiger partial charge >= 0.3 is 0 Å². The molecule has 2 nitrogen and oxygen atoms in total. The van der Waals surface area contributed by atoms with Gasteiger partial charge in [0.25, 0.3) is 0 Å². The summed E-state index contributed by atoms with van der Waals surface area (Å²) in [6, 6.07) is 10.4. The summed E-state index contributed by atoms with van der Waals surface area (Å²) in [7, 11) is 0. The zero-order valence-electron chi connectivity index (χ0n) is 8.47. The number of nitrogens with zero attached hydrogens (tertiary/aromatic N) is 2. The molecule has 1 aromatic rings. The summed E-state index contributed by atoms with van der Waals surface area (Å²) >= 11 is 1.68. The van der Waals surface area contributed by atoms with Crippen LogP contribution in [0.3, 0.4) is 0 Å². The molecule has 2 heterocycles. The second-order valence-electron chi connectivity index (χ2n) is 3.64. The van der Waals surface area contributed by atoms with E-state index in [1.807, 2.05) is 18.2 Å². The van der Waals surface area contributed by atoms with Crippen LogP contribution < -0.4 is 0 Å². The standard InChI is InChI=1S/C13H8N2S/c14-7-9-5-11-6-10-3-1-2-4-12(10)16-13(11)15-8-9/h1-6H,8H2. The van der Waals surface area contributed by atoms with E-state index in [-0.39, 0.29) is 0 Å². The SMILES string of the molecule is N#CC1=CC2=Cc3ccccc3SC2=NC1. The summed E-state index contributed by atoms with van der Waals surface area (Å²) < 4.78 is 0. The highest BCUT2D eigenvalue weighted by molar-refractivity contribution is 8.14. The number of dihydropyridines is 1. The molecule has 0 atom stereocenters. The van der Waals surface area contributed by atoms with Crippen LogP contribution in [0, 0.1) is 11.3 Å². The van der Waals surface area contributed by atoms with Crippen molar-refractivity contribution in [3.63, 3.8) is 0 Å². The third kappa shape index (κ3) is 1.48. The molecule has 0 N–H and O–H groups in total. The van der Waals surface area contributed by atoms with Gasteiger partial charge in [-0.3, -0.25) is 4.99 Å². The molecule has 0 spiro atoms. The van der Waals surface area contributed by atoms with Crippen LogP contribution in [-0.4, -0.2) is 11.6 Å². The third-order valence-electron chi connectivity index (χ3n) is 2.55. The Morgan fingerprint density at radius 2 is 2.12 bits per heavy atom. The summed E-state index contributed by atoms with van der Waals surface area (Å²) in [6.07, 6.45) is 4.03. The van der Waals surface area contributed by atoms with Crippen LogP contribution in [0.2, 0.25) is 0 Å². The highest BCUT2D eigenvalue weighted by atomic mass is 32.2. The topological polar surface area (TPSA) is 36.1 Å². The lowest BCUT2D eigenvalue weighted by Crippen LogP contribution is -2.08. The first kappa shape index (κ1) is 9.44. The van der Waals surface area contributed by atoms with Crippen molar-refractivity contribution >= 4 is 22.9 Å². The van der Waals surface area contributed by atoms with E-state index in [2.05, 4.69) is 29.3 Å². The number of benzene rings is 1. The molecule has 2 aliphatic heterocycles. The molecular weight excluding hydrogens is 216 g/mol. The Kier molecular flexibility index (Phi) is 2.16. The highest BCUT2D eigenvalue weighted by Crippen LogP contribution is 2.35. The maximum atomic E-state index is 8.85. The maximum Gasteiger partial charge on any atom is 0.103 e. The van der Waals surface area contributed by atoms with Gasteiger partial charge in [0, 0.05) is 10.5 Å². The van der Waals surface area contributed by atoms with E-state index in [1.54, 1.807) is 11.8 Å². The smallest absolute Gasteiger partial charge is 0.103 e. The Labute approximate surface area is 98.0 Å². The molecule has 3 heteroatoms. The first-order valence-corrected chi connectivity index (χ1v) is 5.82. The Morgan fingerprint density at radius 3 is 3.00 bits per heavy atom. The fourth-order valence-electron chi connectivity index (χ4n) is 1.77. The predicted molar refractivity (Wildman–Crippen MR) is 66.3 cm³/mol. The Balaban J connectivity index is 2.12. The summed E-state index contributed by atoms with van der Waals surface area (Å²) in [5.41, 5.74) is 3.00. The lowest BCUT2D eigenvalue weighted by atomic mass is 10.1. The molecular formula is C13H8N2S. The molecule has 0 unspecified atom stereocenters. The number of fused-ring (bicyclic) bond motifs is 2. The van der Waals surface area contributed by atoms with E-state index in [1.165, 1.54) is 10.5 Å². The van der Waals surface area contributed by atoms with Gasteiger partial charge in [0.1, 0.15) is 5.04 Å². The van der Waals surface area contributed by atoms with Crippen LogP contribution in [0.5, 0.6) is 0 Å². The van der Waals surface area contributed by atoms with Crippen LogP contribution in [0.25, 0.3) is 6.08 Å². The zero-order valence-corrected chi connectivity index (χ0v) is 9.29. The minimum atomic E-state index is 0.512. The number of aliphatic imine (C=N–C) groups is 1. The van der Waals surface area contributed by atoms with Gasteiger partial charge in [0.05, 0.1) is 18.2 Å². The third-order valence-corrected chi connectivity index (χ3v) is 3.70. The molecule has 76 valence electrons. The van der Waals surface area contributed by atoms with E-state index in [0.29, 0.717) is 6.54 Å². The fourth-order valence-corrected chi connectivity index (χ4v) is 2.73. The van der Waals surface area contributed by atoms with E-state index < -0.39 is 0 Å². The average molecular weight is 224 g/mol. The second-order valence-corrected chi connectivity index (χ2v) is 4.67. The van der Waals surface area contributed by atoms with E-state index in [9.17, 15) is 0 Å². The second kappa shape index (κ2) is 3.66. The maximum absolute atomic E-state index is 8.85. The minimum Gasteiger partial charge on any atom is -0.272 e. The van der Waals surface area contributed by atoms with Gasteiger partial charge in [-0.15, -0.1) is 0 Å². The number of allylic oxidation sites excluding steroid dienone is 1. The van der Waals surface area contributed by atoms with Gasteiger partial charge in [0.2, 0.25) is 0 Å². The van der Waals surface area contributed by atoms with Gasteiger partial charge < -0.3 is 0 Å². The Morgan fingerprint density at radius 1 is 1.25 bits per heavy atom. The molecule has 0 aromatic heterocycles. The van der Waals surface area contributed by atoms with Crippen molar-refractivity contribution in [2.45, 2.75) is 4.90 Å². The van der Waals surface area contributed by atoms with Crippen LogP contribution in [0.15, 0.2) is 51.4 Å². The summed E-state index contributed by atoms with van der Waals surface area (Å²) in [5.74, 6) is 0. The number of rotatable bonds is 0. The molecule has 2 aliphatic rings. The predicted octanol–water partition coefficient (Wildman–Crippen LogP) is 3.04. The first-order chi connectivity index (χ1) is 7.86. The summed E-state index contributed by atoms with van der Waals surface area (Å²) in [6.45, 7) is 0.512. The van der Waals surface area contributed by atoms with Crippen molar-refractivity contribution in [1.82, 2.24) is 0 Å². The summed E-state index contributed by atoms with van der Waals surface area (Å²) in [5, 5.41) is 9.88. The van der Waals surface area contributed by atoms with Crippen LogP contribution in [0.4, 0.5) is 0 Å². The molecule has 0 aliphatic carbocycles. The Bertz CT molecular complexity index is 588. The van der Waals surface area contributed by atoms with Crippen molar-refractivity contribution in [2.24, 2.45) is 4.99 Å². The fraction of sp³-hybridized carbons (Fsp3) is 0.0769. The van der Waals surface area contributed by atoms with Crippen molar-refractivity contribution in [3.8, 4) is 6.07 Å². The lowest BCUT2D eigenvalue weighted by Gasteiger charge is -2.18. The van der Waals surface area contributed by atoms with E-state index in [0.717, 1.165) is 16.2 Å². The zero-order chi connectivity index (χ0) is 11.0. The number of hydrogen-bond acceptors (Lipinski definition) is 3. The molecule has 3 rings (SSSR count). The molecule has 16 heavy (non-hydrogen) atoms. The van der Waals surface area contributed by atoms with Gasteiger partial charge in [-0.05, 0) is 23.8 Å².